The summed E-state index contributed by atoms with van der Waals surface area (Å²) < 4.78 is 2.23. The number of hydrogen-bond donors (Lipinski definition) is 1. The number of hydrogen-bond acceptors (Lipinski definition) is 2. The Morgan fingerprint density at radius 2 is 1.48 bits per heavy atom. The number of aryl methyl sites for hydroxylation is 2. The number of fused-ring (bicyclic) bond motifs is 2. The van der Waals surface area contributed by atoms with Crippen molar-refractivity contribution in [3.05, 3.63) is 131 Å². The molecule has 0 fully saturated rings. The number of para-hydroxylation sites is 1. The number of rotatable bonds is 10. The highest BCUT2D eigenvalue weighted by Gasteiger charge is 2.47. The lowest BCUT2D eigenvalue weighted by Gasteiger charge is -2.37. The van der Waals surface area contributed by atoms with Crippen molar-refractivity contribution in [3.63, 3.8) is 0 Å². The van der Waals surface area contributed by atoms with Crippen LogP contribution in [0.2, 0.25) is 0 Å². The van der Waals surface area contributed by atoms with E-state index in [1.807, 2.05) is 47.4 Å². The summed E-state index contributed by atoms with van der Waals surface area (Å²) in [5, 5.41) is 4.40. The lowest BCUT2D eigenvalue weighted by Crippen LogP contribution is -2.53. The molecule has 5 nitrogen and oxygen atoms in total. The first-order valence-corrected chi connectivity index (χ1v) is 15.8. The summed E-state index contributed by atoms with van der Waals surface area (Å²) in [5.74, 6) is -0.227. The third-order valence-corrected chi connectivity index (χ3v) is 9.31. The molecule has 1 aromatic heterocycles. The van der Waals surface area contributed by atoms with Crippen LogP contribution in [-0.4, -0.2) is 33.4 Å². The molecular weight excluding hydrogens is 542 g/mol. The van der Waals surface area contributed by atoms with E-state index in [1.54, 1.807) is 0 Å². The Balaban J connectivity index is 1.46. The Morgan fingerprint density at radius 1 is 0.841 bits per heavy atom. The topological polar surface area (TPSA) is 54.3 Å². The summed E-state index contributed by atoms with van der Waals surface area (Å²) in [6, 6.07) is 35.9. The maximum Gasteiger partial charge on any atom is 0.255 e. The fourth-order valence-corrected chi connectivity index (χ4v) is 6.87. The molecule has 44 heavy (non-hydrogen) atoms. The standard InChI is InChI=1S/C39H41N3O2/c1-5-26(2)35(38(43)40-27(3)24-25-28-16-8-6-9-17-28)42-37(30-20-12-13-21-31(30)39(42)44)34-32-22-14-15-23-33(32)41(4)36(34)29-18-10-7-11-19-29/h6-23,26-27,35,37H,5,24-25H2,1-4H3,(H,40,43). The second kappa shape index (κ2) is 12.5. The Morgan fingerprint density at radius 3 is 2.20 bits per heavy atom. The minimum atomic E-state index is -0.633. The lowest BCUT2D eigenvalue weighted by molar-refractivity contribution is -0.128. The predicted octanol–water partition coefficient (Wildman–Crippen LogP) is 7.94. The largest absolute Gasteiger partial charge is 0.352 e. The van der Waals surface area contributed by atoms with Gasteiger partial charge in [-0.05, 0) is 54.5 Å². The van der Waals surface area contributed by atoms with E-state index in [9.17, 15) is 9.59 Å². The van der Waals surface area contributed by atoms with E-state index in [-0.39, 0.29) is 23.8 Å². The van der Waals surface area contributed by atoms with Crippen LogP contribution in [-0.2, 0) is 18.3 Å². The molecule has 4 unspecified atom stereocenters. The van der Waals surface area contributed by atoms with Gasteiger partial charge in [-0.25, -0.2) is 0 Å². The molecule has 0 aliphatic carbocycles. The molecule has 1 aliphatic heterocycles. The minimum Gasteiger partial charge on any atom is -0.352 e. The van der Waals surface area contributed by atoms with Gasteiger partial charge in [0.15, 0.2) is 0 Å². The van der Waals surface area contributed by atoms with Crippen LogP contribution in [0.25, 0.3) is 22.2 Å². The zero-order chi connectivity index (χ0) is 30.8. The summed E-state index contributed by atoms with van der Waals surface area (Å²) >= 11 is 0. The Hall–Kier alpha value is -4.64. The first kappa shape index (κ1) is 29.4. The maximum atomic E-state index is 14.5. The molecule has 1 N–H and O–H groups in total. The van der Waals surface area contributed by atoms with Crippen LogP contribution in [0.4, 0.5) is 0 Å². The second-order valence-electron chi connectivity index (χ2n) is 12.2. The van der Waals surface area contributed by atoms with E-state index in [0.717, 1.165) is 52.5 Å². The summed E-state index contributed by atoms with van der Waals surface area (Å²) in [6.07, 6.45) is 2.47. The SMILES string of the molecule is CCC(C)C(C(=O)NC(C)CCc1ccccc1)N1C(=O)c2ccccc2C1c1c(-c2ccccc2)n(C)c2ccccc12. The van der Waals surface area contributed by atoms with Gasteiger partial charge in [0.05, 0.1) is 11.7 Å². The van der Waals surface area contributed by atoms with Gasteiger partial charge in [0.25, 0.3) is 5.91 Å². The first-order chi connectivity index (χ1) is 21.4. The van der Waals surface area contributed by atoms with Gasteiger partial charge in [-0.3, -0.25) is 9.59 Å². The van der Waals surface area contributed by atoms with Crippen molar-refractivity contribution < 1.29 is 9.59 Å². The third-order valence-electron chi connectivity index (χ3n) is 9.31. The number of benzene rings is 4. The average molecular weight is 584 g/mol. The van der Waals surface area contributed by atoms with Gasteiger partial charge >= 0.3 is 0 Å². The summed E-state index contributed by atoms with van der Waals surface area (Å²) in [5.41, 5.74) is 7.17. The predicted molar refractivity (Wildman–Crippen MR) is 178 cm³/mol. The van der Waals surface area contributed by atoms with Crippen LogP contribution in [0.1, 0.15) is 66.7 Å². The molecule has 4 atom stereocenters. The van der Waals surface area contributed by atoms with Crippen molar-refractivity contribution >= 4 is 22.7 Å². The van der Waals surface area contributed by atoms with Gasteiger partial charge in [0.2, 0.25) is 5.91 Å². The van der Waals surface area contributed by atoms with Crippen LogP contribution in [0.15, 0.2) is 109 Å². The number of amides is 2. The fourth-order valence-electron chi connectivity index (χ4n) is 6.87. The van der Waals surface area contributed by atoms with Crippen LogP contribution in [0, 0.1) is 5.92 Å². The Kier molecular flexibility index (Phi) is 8.38. The summed E-state index contributed by atoms with van der Waals surface area (Å²) in [4.78, 5) is 30.7. The molecule has 224 valence electrons. The highest BCUT2D eigenvalue weighted by atomic mass is 16.2. The monoisotopic (exact) mass is 583 g/mol. The second-order valence-corrected chi connectivity index (χ2v) is 12.2. The molecule has 0 spiro atoms. The van der Waals surface area contributed by atoms with Gasteiger partial charge in [-0.1, -0.05) is 117 Å². The molecule has 2 amide bonds. The van der Waals surface area contributed by atoms with Crippen LogP contribution < -0.4 is 5.32 Å². The number of carbonyl (C=O) groups is 2. The average Bonchev–Trinajstić information content (AvgIpc) is 3.51. The Labute approximate surface area is 260 Å². The van der Waals surface area contributed by atoms with Gasteiger partial charge < -0.3 is 14.8 Å². The molecule has 0 bridgehead atoms. The van der Waals surface area contributed by atoms with Gasteiger partial charge in [0.1, 0.15) is 6.04 Å². The quantitative estimate of drug-likeness (QED) is 0.181. The van der Waals surface area contributed by atoms with E-state index >= 15 is 0 Å². The third kappa shape index (κ3) is 5.32. The van der Waals surface area contributed by atoms with Crippen LogP contribution in [0.5, 0.6) is 0 Å². The van der Waals surface area contributed by atoms with E-state index in [2.05, 4.69) is 104 Å². The molecule has 0 saturated carbocycles. The van der Waals surface area contributed by atoms with Crippen molar-refractivity contribution in [3.8, 4) is 11.3 Å². The Bertz CT molecular complexity index is 1780. The maximum absolute atomic E-state index is 14.5. The van der Waals surface area contributed by atoms with E-state index in [4.69, 9.17) is 0 Å². The molecular formula is C39H41N3O2. The fraction of sp³-hybridized carbons (Fsp3) is 0.282. The molecule has 5 heteroatoms. The molecule has 2 heterocycles. The lowest BCUT2D eigenvalue weighted by atomic mass is 9.90. The van der Waals surface area contributed by atoms with Gasteiger partial charge in [-0.2, -0.15) is 0 Å². The molecule has 0 saturated heterocycles. The number of nitrogens with zero attached hydrogens (tertiary/aromatic N) is 2. The van der Waals surface area contributed by atoms with E-state index in [1.165, 1.54) is 5.56 Å². The van der Waals surface area contributed by atoms with Crippen molar-refractivity contribution in [2.75, 3.05) is 0 Å². The number of nitrogens with one attached hydrogen (secondary N) is 1. The van der Waals surface area contributed by atoms with Crippen molar-refractivity contribution in [1.29, 1.82) is 0 Å². The van der Waals surface area contributed by atoms with E-state index < -0.39 is 12.1 Å². The highest BCUT2D eigenvalue weighted by molar-refractivity contribution is 6.04. The number of carbonyl (C=O) groups excluding carboxylic acids is 2. The van der Waals surface area contributed by atoms with Crippen LogP contribution in [0.3, 0.4) is 0 Å². The zero-order valence-corrected chi connectivity index (χ0v) is 26.0. The van der Waals surface area contributed by atoms with Crippen molar-refractivity contribution in [1.82, 2.24) is 14.8 Å². The minimum absolute atomic E-state index is 0.0368. The van der Waals surface area contributed by atoms with Crippen molar-refractivity contribution in [2.24, 2.45) is 13.0 Å². The zero-order valence-electron chi connectivity index (χ0n) is 26.0. The molecule has 6 rings (SSSR count). The summed E-state index contributed by atoms with van der Waals surface area (Å²) in [6.45, 7) is 6.25. The normalized spacial score (nSPS) is 16.5. The van der Waals surface area contributed by atoms with Crippen LogP contribution >= 0.6 is 0 Å². The smallest absolute Gasteiger partial charge is 0.255 e. The van der Waals surface area contributed by atoms with Gasteiger partial charge in [-0.15, -0.1) is 0 Å². The van der Waals surface area contributed by atoms with E-state index in [0.29, 0.717) is 5.56 Å². The summed E-state index contributed by atoms with van der Waals surface area (Å²) in [7, 11) is 2.09. The number of aromatic nitrogens is 1. The first-order valence-electron chi connectivity index (χ1n) is 15.8. The molecule has 1 aliphatic rings. The highest BCUT2D eigenvalue weighted by Crippen LogP contribution is 2.48. The molecule has 4 aromatic carbocycles. The van der Waals surface area contributed by atoms with Gasteiger partial charge in [0, 0.05) is 35.1 Å². The van der Waals surface area contributed by atoms with Crippen molar-refractivity contribution in [2.45, 2.75) is 58.2 Å². The molecule has 0 radical (unpaired) electrons. The molecule has 5 aromatic rings.